The SMILES string of the molecule is CC.CC(C)c1cc2cc(Cl)c(-c3cnc(CC(C)(C)S)cn3)cc2[nH]1. The summed E-state index contributed by atoms with van der Waals surface area (Å²) in [5.41, 5.74) is 4.88. The summed E-state index contributed by atoms with van der Waals surface area (Å²) in [6, 6.07) is 6.19. The lowest BCUT2D eigenvalue weighted by atomic mass is 10.1. The number of thiol groups is 1. The number of hydrogen-bond acceptors (Lipinski definition) is 3. The molecule has 0 radical (unpaired) electrons. The number of aromatic nitrogens is 3. The van der Waals surface area contributed by atoms with Crippen LogP contribution in [0.3, 0.4) is 0 Å². The molecule has 0 aliphatic carbocycles. The lowest BCUT2D eigenvalue weighted by Gasteiger charge is -2.16. The zero-order valence-corrected chi connectivity index (χ0v) is 18.0. The van der Waals surface area contributed by atoms with Crippen LogP contribution in [0.4, 0.5) is 0 Å². The monoisotopic (exact) mass is 389 g/mol. The van der Waals surface area contributed by atoms with Crippen LogP contribution in [-0.2, 0) is 6.42 Å². The van der Waals surface area contributed by atoms with E-state index in [1.54, 1.807) is 6.20 Å². The van der Waals surface area contributed by atoms with Crippen LogP contribution in [0.25, 0.3) is 22.2 Å². The number of aromatic amines is 1. The van der Waals surface area contributed by atoms with Gasteiger partial charge < -0.3 is 4.98 Å². The number of benzene rings is 1. The predicted octanol–water partition coefficient (Wildman–Crippen LogP) is 6.68. The van der Waals surface area contributed by atoms with Gasteiger partial charge in [0.2, 0.25) is 0 Å². The first-order valence-electron chi connectivity index (χ1n) is 9.09. The topological polar surface area (TPSA) is 41.6 Å². The highest BCUT2D eigenvalue weighted by Crippen LogP contribution is 2.32. The molecule has 0 fully saturated rings. The van der Waals surface area contributed by atoms with Gasteiger partial charge in [-0.3, -0.25) is 9.97 Å². The first kappa shape index (κ1) is 20.8. The van der Waals surface area contributed by atoms with E-state index in [-0.39, 0.29) is 4.75 Å². The van der Waals surface area contributed by atoms with Crippen LogP contribution in [0.2, 0.25) is 5.02 Å². The van der Waals surface area contributed by atoms with Crippen LogP contribution in [-0.4, -0.2) is 19.7 Å². The highest BCUT2D eigenvalue weighted by Gasteiger charge is 2.15. The highest BCUT2D eigenvalue weighted by atomic mass is 35.5. The van der Waals surface area contributed by atoms with E-state index in [0.717, 1.165) is 34.3 Å². The van der Waals surface area contributed by atoms with E-state index in [9.17, 15) is 0 Å². The van der Waals surface area contributed by atoms with Crippen LogP contribution in [0.15, 0.2) is 30.6 Å². The molecule has 0 atom stereocenters. The second-order valence-electron chi connectivity index (χ2n) is 7.18. The van der Waals surface area contributed by atoms with Gasteiger partial charge in [0.15, 0.2) is 0 Å². The zero-order chi connectivity index (χ0) is 19.5. The summed E-state index contributed by atoms with van der Waals surface area (Å²) in [5, 5.41) is 1.81. The van der Waals surface area contributed by atoms with E-state index < -0.39 is 0 Å². The molecule has 0 aliphatic heterocycles. The fourth-order valence-corrected chi connectivity index (χ4v) is 3.14. The minimum absolute atomic E-state index is 0.107. The molecule has 0 saturated heterocycles. The van der Waals surface area contributed by atoms with Crippen LogP contribution in [0.5, 0.6) is 0 Å². The Morgan fingerprint density at radius 3 is 2.35 bits per heavy atom. The lowest BCUT2D eigenvalue weighted by Crippen LogP contribution is -2.15. The Kier molecular flexibility index (Phi) is 6.75. The van der Waals surface area contributed by atoms with Crippen molar-refractivity contribution in [3.8, 4) is 11.3 Å². The molecule has 1 N–H and O–H groups in total. The molecule has 2 heterocycles. The molecule has 3 aromatic rings. The average molecular weight is 390 g/mol. The van der Waals surface area contributed by atoms with Crippen molar-refractivity contribution in [1.29, 1.82) is 0 Å². The van der Waals surface area contributed by atoms with Gasteiger partial charge in [-0.05, 0) is 24.1 Å². The van der Waals surface area contributed by atoms with Crippen LogP contribution >= 0.6 is 24.2 Å². The average Bonchev–Trinajstić information content (AvgIpc) is 2.98. The summed E-state index contributed by atoms with van der Waals surface area (Å²) in [7, 11) is 0. The van der Waals surface area contributed by atoms with E-state index in [1.165, 1.54) is 5.69 Å². The molecule has 26 heavy (non-hydrogen) atoms. The zero-order valence-electron chi connectivity index (χ0n) is 16.4. The Morgan fingerprint density at radius 1 is 1.12 bits per heavy atom. The molecular weight excluding hydrogens is 362 g/mol. The minimum atomic E-state index is -0.107. The van der Waals surface area contributed by atoms with Gasteiger partial charge in [0.1, 0.15) is 0 Å². The van der Waals surface area contributed by atoms with Crippen molar-refractivity contribution < 1.29 is 0 Å². The number of hydrogen-bond donors (Lipinski definition) is 2. The summed E-state index contributed by atoms with van der Waals surface area (Å²) in [6.45, 7) is 12.5. The maximum Gasteiger partial charge on any atom is 0.0901 e. The van der Waals surface area contributed by atoms with Gasteiger partial charge in [-0.2, -0.15) is 12.6 Å². The van der Waals surface area contributed by atoms with Gasteiger partial charge in [0.25, 0.3) is 0 Å². The fourth-order valence-electron chi connectivity index (χ4n) is 2.71. The quantitative estimate of drug-likeness (QED) is 0.488. The Morgan fingerprint density at radius 2 is 1.81 bits per heavy atom. The molecule has 1 aromatic carbocycles. The smallest absolute Gasteiger partial charge is 0.0901 e. The largest absolute Gasteiger partial charge is 0.358 e. The van der Waals surface area contributed by atoms with Crippen molar-refractivity contribution in [1.82, 2.24) is 15.0 Å². The van der Waals surface area contributed by atoms with E-state index in [1.807, 2.05) is 26.1 Å². The summed E-state index contributed by atoms with van der Waals surface area (Å²) in [5.74, 6) is 0.447. The second-order valence-corrected chi connectivity index (χ2v) is 8.80. The number of rotatable bonds is 4. The Balaban J connectivity index is 0.00000117. The minimum Gasteiger partial charge on any atom is -0.358 e. The van der Waals surface area contributed by atoms with Gasteiger partial charge in [-0.25, -0.2) is 0 Å². The third-order valence-corrected chi connectivity index (χ3v) is 4.42. The fraction of sp³-hybridized carbons (Fsp3) is 0.429. The second kappa shape index (κ2) is 8.45. The van der Waals surface area contributed by atoms with E-state index in [4.69, 9.17) is 11.6 Å². The first-order valence-corrected chi connectivity index (χ1v) is 9.91. The maximum absolute atomic E-state index is 6.48. The van der Waals surface area contributed by atoms with Gasteiger partial charge >= 0.3 is 0 Å². The summed E-state index contributed by atoms with van der Waals surface area (Å²) in [4.78, 5) is 12.5. The molecule has 3 nitrogen and oxygen atoms in total. The Hall–Kier alpha value is -1.52. The normalized spacial score (nSPS) is 11.6. The van der Waals surface area contributed by atoms with E-state index in [2.05, 4.69) is 67.4 Å². The van der Waals surface area contributed by atoms with Gasteiger partial charge in [0.05, 0.1) is 22.6 Å². The number of H-pyrrole nitrogens is 1. The molecule has 140 valence electrons. The van der Waals surface area contributed by atoms with Crippen LogP contribution < -0.4 is 0 Å². The molecule has 0 unspecified atom stereocenters. The molecule has 5 heteroatoms. The lowest BCUT2D eigenvalue weighted by molar-refractivity contribution is 0.696. The van der Waals surface area contributed by atoms with Crippen molar-refractivity contribution in [2.24, 2.45) is 0 Å². The van der Waals surface area contributed by atoms with E-state index >= 15 is 0 Å². The van der Waals surface area contributed by atoms with Crippen molar-refractivity contribution >= 4 is 35.1 Å². The summed E-state index contributed by atoms with van der Waals surface area (Å²) >= 11 is 11.0. The third-order valence-electron chi connectivity index (χ3n) is 3.95. The van der Waals surface area contributed by atoms with Crippen LogP contribution in [0, 0.1) is 0 Å². The van der Waals surface area contributed by atoms with Gasteiger partial charge in [-0.15, -0.1) is 0 Å². The number of fused-ring (bicyclic) bond motifs is 1. The Labute approximate surface area is 167 Å². The standard InChI is InChI=1S/C19H22ClN3S.C2H6/c1-11(2)16-6-12-5-15(20)14(7-17(12)23-16)18-10-21-13(9-22-18)8-19(3,4)24;1-2/h5-7,9-11,23-24H,8H2,1-4H3;1-2H3. The Bertz CT molecular complexity index is 861. The number of nitrogens with one attached hydrogen (secondary N) is 1. The maximum atomic E-state index is 6.48. The first-order chi connectivity index (χ1) is 12.2. The van der Waals surface area contributed by atoms with Crippen molar-refractivity contribution in [3.05, 3.63) is 47.0 Å². The molecule has 0 aliphatic rings. The molecule has 0 spiro atoms. The molecule has 0 saturated carbocycles. The van der Waals surface area contributed by atoms with Gasteiger partial charge in [0, 0.05) is 39.5 Å². The molecule has 0 bridgehead atoms. The van der Waals surface area contributed by atoms with E-state index in [0.29, 0.717) is 10.9 Å². The number of halogens is 1. The third kappa shape index (κ3) is 5.01. The van der Waals surface area contributed by atoms with Crippen molar-refractivity contribution in [2.75, 3.05) is 0 Å². The molecule has 0 amide bonds. The molecular formula is C21H28ClN3S. The van der Waals surface area contributed by atoms with Crippen molar-refractivity contribution in [2.45, 2.75) is 58.6 Å². The highest BCUT2D eigenvalue weighted by molar-refractivity contribution is 7.81. The molecule has 2 aromatic heterocycles. The number of nitrogens with zero attached hydrogens (tertiary/aromatic N) is 2. The molecule has 3 rings (SSSR count). The summed E-state index contributed by atoms with van der Waals surface area (Å²) in [6.07, 6.45) is 4.36. The van der Waals surface area contributed by atoms with Gasteiger partial charge in [-0.1, -0.05) is 53.1 Å². The summed E-state index contributed by atoms with van der Waals surface area (Å²) < 4.78 is -0.107. The predicted molar refractivity (Wildman–Crippen MR) is 117 cm³/mol. The van der Waals surface area contributed by atoms with Crippen molar-refractivity contribution in [3.63, 3.8) is 0 Å². The van der Waals surface area contributed by atoms with Crippen LogP contribution in [0.1, 0.15) is 58.8 Å².